The molecule has 0 radical (unpaired) electrons. The number of aromatic nitrogens is 5. The molecule has 10 N–H and O–H groups in total. The average molecular weight is 972 g/mol. The smallest absolute Gasteiger partial charge is 0.145 e. The van der Waals surface area contributed by atoms with Gasteiger partial charge in [0.25, 0.3) is 0 Å². The third-order valence-corrected chi connectivity index (χ3v) is 10.5. The lowest BCUT2D eigenvalue weighted by atomic mass is 10.1. The topological polar surface area (TPSA) is 260 Å². The van der Waals surface area contributed by atoms with Crippen LogP contribution < -0.4 is 52.4 Å². The quantitative estimate of drug-likeness (QED) is 0.0516. The van der Waals surface area contributed by atoms with Crippen molar-refractivity contribution in [3.05, 3.63) is 92.3 Å². The lowest BCUT2D eigenvalue weighted by Gasteiger charge is -2.32. The van der Waals surface area contributed by atoms with Crippen LogP contribution in [0.2, 0.25) is 0 Å². The van der Waals surface area contributed by atoms with E-state index in [2.05, 4.69) is 53.5 Å². The van der Waals surface area contributed by atoms with Gasteiger partial charge in [0.2, 0.25) is 0 Å². The Morgan fingerprint density at radius 2 is 0.943 bits per heavy atom. The molecule has 0 unspecified atom stereocenters. The van der Waals surface area contributed by atoms with E-state index >= 15 is 0 Å². The molecule has 19 heteroatoms. The van der Waals surface area contributed by atoms with Crippen LogP contribution >= 0.6 is 0 Å². The fourth-order valence-corrected chi connectivity index (χ4v) is 6.66. The van der Waals surface area contributed by atoms with E-state index in [1.54, 1.807) is 87.3 Å². The molecule has 2 saturated heterocycles. The predicted octanol–water partition coefficient (Wildman–Crippen LogP) is 6.58. The predicted molar refractivity (Wildman–Crippen MR) is 281 cm³/mol. The van der Waals surface area contributed by atoms with Gasteiger partial charge < -0.3 is 62.0 Å². The molecule has 7 heterocycles. The second-order valence-electron chi connectivity index (χ2n) is 16.7. The van der Waals surface area contributed by atoms with E-state index < -0.39 is 0 Å². The van der Waals surface area contributed by atoms with Crippen molar-refractivity contribution in [1.82, 2.24) is 39.6 Å². The van der Waals surface area contributed by atoms with Gasteiger partial charge in [0, 0.05) is 94.6 Å². The summed E-state index contributed by atoms with van der Waals surface area (Å²) in [4.78, 5) is 26.3. The molecule has 0 saturated carbocycles. The fraction of sp³-hybridized carbons (Fsp3) is 0.510. The van der Waals surface area contributed by atoms with Crippen LogP contribution in [0.25, 0.3) is 0 Å². The summed E-state index contributed by atoms with van der Waals surface area (Å²) in [5.74, 6) is 3.65. The number of unbranched alkanes of at least 4 members (excludes halogenated alkanes) is 1. The molecule has 386 valence electrons. The van der Waals surface area contributed by atoms with Gasteiger partial charge in [0.05, 0.1) is 79.2 Å². The number of ether oxygens (including phenoxy) is 6. The normalized spacial score (nSPS) is 14.4. The maximum atomic E-state index is 5.95. The first-order valence-corrected chi connectivity index (χ1v) is 24.3. The van der Waals surface area contributed by atoms with Crippen LogP contribution in [0.15, 0.2) is 92.3 Å². The fourth-order valence-electron chi connectivity index (χ4n) is 6.66. The van der Waals surface area contributed by atoms with E-state index in [4.69, 9.17) is 57.1 Å². The summed E-state index contributed by atoms with van der Waals surface area (Å²) >= 11 is 0. The first-order valence-electron chi connectivity index (χ1n) is 24.3. The van der Waals surface area contributed by atoms with Crippen LogP contribution in [-0.4, -0.2) is 146 Å². The monoisotopic (exact) mass is 972 g/mol. The van der Waals surface area contributed by atoms with Crippen molar-refractivity contribution in [2.45, 2.75) is 71.3 Å². The van der Waals surface area contributed by atoms with Crippen molar-refractivity contribution in [1.29, 1.82) is 0 Å². The highest BCUT2D eigenvalue weighted by molar-refractivity contribution is 5.52. The number of anilines is 5. The van der Waals surface area contributed by atoms with Crippen molar-refractivity contribution in [3.63, 3.8) is 0 Å². The SMILES string of the molecule is CCCCOc1ccncc1N.CCCOc1ccncc1N.CN(C)CCOc1ccncc1N.COCCN1CCC[C@@H](Oc2ccncc2N)C1.Nc1cnccc1OCCN1CCCCC1. The van der Waals surface area contributed by atoms with Crippen LogP contribution in [0.4, 0.5) is 28.4 Å². The van der Waals surface area contributed by atoms with Gasteiger partial charge in [-0.25, -0.2) is 0 Å². The highest BCUT2D eigenvalue weighted by atomic mass is 16.5. The Morgan fingerprint density at radius 3 is 1.39 bits per heavy atom. The Kier molecular flexibility index (Phi) is 29.5. The Morgan fingerprint density at radius 1 is 0.514 bits per heavy atom. The third kappa shape index (κ3) is 24.7. The standard InChI is InChI=1S/C13H21N3O2.C12H19N3O.C9H15N3O.C9H14N2O.C8H12N2O/c1-17-8-7-16-6-2-3-11(10-16)18-13-4-5-15-9-12(13)14;13-11-10-14-5-4-12(11)16-9-8-15-6-2-1-3-7-15;1-12(2)5-6-13-9-3-4-11-7-8(9)10;1-2-3-6-12-9-4-5-11-7-8(9)10;1-2-5-11-8-3-4-10-6-7(8)9/h4-5,9,11H,2-3,6-8,10,14H2,1H3;4-5,10H,1-3,6-9,13H2;3-4,7H,5-6,10H2,1-2H3;4-5,7H,2-3,6,10H2,1H3;3-4,6H,2,5,9H2,1H3/t11-;;;;/m1..../s1. The molecular weight excluding hydrogens is 891 g/mol. The van der Waals surface area contributed by atoms with Gasteiger partial charge in [-0.1, -0.05) is 26.7 Å². The molecule has 0 amide bonds. The summed E-state index contributed by atoms with van der Waals surface area (Å²) in [6.45, 7) is 15.0. The zero-order chi connectivity index (χ0) is 50.6. The van der Waals surface area contributed by atoms with Crippen molar-refractivity contribution in [2.24, 2.45) is 0 Å². The molecule has 70 heavy (non-hydrogen) atoms. The Hall–Kier alpha value is -6.41. The van der Waals surface area contributed by atoms with Gasteiger partial charge in [0.1, 0.15) is 48.1 Å². The second kappa shape index (κ2) is 35.7. The first kappa shape index (κ1) is 57.9. The zero-order valence-corrected chi connectivity index (χ0v) is 42.3. The summed E-state index contributed by atoms with van der Waals surface area (Å²) in [7, 11) is 5.73. The molecule has 7 rings (SSSR count). The van der Waals surface area contributed by atoms with E-state index in [-0.39, 0.29) is 6.10 Å². The molecule has 0 aromatic carbocycles. The van der Waals surface area contributed by atoms with Crippen LogP contribution in [-0.2, 0) is 4.74 Å². The number of hydrogen-bond donors (Lipinski definition) is 5. The lowest BCUT2D eigenvalue weighted by molar-refractivity contribution is 0.0686. The third-order valence-electron chi connectivity index (χ3n) is 10.5. The first-order chi connectivity index (χ1) is 34.0. The molecule has 2 aliphatic rings. The van der Waals surface area contributed by atoms with Crippen molar-refractivity contribution < 1.29 is 28.4 Å². The maximum absolute atomic E-state index is 5.95. The zero-order valence-electron chi connectivity index (χ0n) is 42.3. The summed E-state index contributed by atoms with van der Waals surface area (Å²) in [6.07, 6.45) is 26.1. The largest absolute Gasteiger partial charge is 0.491 e. The summed E-state index contributed by atoms with van der Waals surface area (Å²) in [5.41, 5.74) is 31.4. The van der Waals surface area contributed by atoms with Gasteiger partial charge in [0.15, 0.2) is 0 Å². The minimum Gasteiger partial charge on any atom is -0.491 e. The summed E-state index contributed by atoms with van der Waals surface area (Å²) in [5, 5.41) is 0. The van der Waals surface area contributed by atoms with Crippen LogP contribution in [0.3, 0.4) is 0 Å². The molecule has 5 aromatic heterocycles. The molecule has 0 spiro atoms. The average Bonchev–Trinajstić information content (AvgIpc) is 3.37. The molecular formula is C51H81N13O6. The number of nitrogens with zero attached hydrogens (tertiary/aromatic N) is 8. The van der Waals surface area contributed by atoms with Gasteiger partial charge in [-0.15, -0.1) is 0 Å². The van der Waals surface area contributed by atoms with Gasteiger partial charge >= 0.3 is 0 Å². The number of nitrogen functional groups attached to an aromatic ring is 5. The van der Waals surface area contributed by atoms with Crippen LogP contribution in [0, 0.1) is 0 Å². The molecule has 0 bridgehead atoms. The van der Waals surface area contributed by atoms with E-state index in [1.807, 2.05) is 26.2 Å². The number of piperidine rings is 2. The number of pyridine rings is 5. The second-order valence-corrected chi connectivity index (χ2v) is 16.7. The van der Waals surface area contributed by atoms with E-state index in [1.165, 1.54) is 32.4 Å². The number of likely N-dealkylation sites (N-methyl/N-ethyl adjacent to an activating group) is 1. The van der Waals surface area contributed by atoms with Crippen molar-refractivity contribution in [2.75, 3.05) is 129 Å². The molecule has 2 fully saturated rings. The van der Waals surface area contributed by atoms with E-state index in [9.17, 15) is 0 Å². The maximum Gasteiger partial charge on any atom is 0.145 e. The van der Waals surface area contributed by atoms with Crippen molar-refractivity contribution >= 4 is 28.4 Å². The van der Waals surface area contributed by atoms with Crippen molar-refractivity contribution in [3.8, 4) is 28.7 Å². The molecule has 5 aromatic rings. The Labute approximate surface area is 416 Å². The Balaban J connectivity index is 0.000000234. The molecule has 0 aliphatic carbocycles. The van der Waals surface area contributed by atoms with Gasteiger partial charge in [-0.3, -0.25) is 34.7 Å². The van der Waals surface area contributed by atoms with E-state index in [0.29, 0.717) is 54.0 Å². The highest BCUT2D eigenvalue weighted by Gasteiger charge is 2.21. The highest BCUT2D eigenvalue weighted by Crippen LogP contribution is 2.24. The minimum absolute atomic E-state index is 0.209. The number of rotatable bonds is 20. The number of hydrogen-bond acceptors (Lipinski definition) is 19. The molecule has 19 nitrogen and oxygen atoms in total. The number of nitrogens with two attached hydrogens (primary N) is 5. The minimum atomic E-state index is 0.209. The van der Waals surface area contributed by atoms with Crippen LogP contribution in [0.5, 0.6) is 28.7 Å². The molecule has 1 atom stereocenters. The summed E-state index contributed by atoms with van der Waals surface area (Å²) in [6, 6.07) is 8.95. The van der Waals surface area contributed by atoms with Gasteiger partial charge in [-0.2, -0.15) is 0 Å². The van der Waals surface area contributed by atoms with Gasteiger partial charge in [-0.05, 0) is 72.3 Å². The number of likely N-dealkylation sites (tertiary alicyclic amines) is 2. The number of methoxy groups -OCH3 is 1. The summed E-state index contributed by atoms with van der Waals surface area (Å²) < 4.78 is 32.9. The van der Waals surface area contributed by atoms with Crippen LogP contribution in [0.1, 0.15) is 65.2 Å². The lowest BCUT2D eigenvalue weighted by Crippen LogP contribution is -2.42. The van der Waals surface area contributed by atoms with E-state index in [0.717, 1.165) is 101 Å². The Bertz CT molecular complexity index is 2100. The molecule has 2 aliphatic heterocycles.